The Labute approximate surface area is 142 Å². The molecule has 0 aliphatic carbocycles. The lowest BCUT2D eigenvalue weighted by atomic mass is 10.0. The standard InChI is InChI=1S/C21H21N2O/c1-3-15-10-7-11-16(4-2)20(15)23-21(24)22-19-13-12-17-8-5-6-9-18(17)14-19/h5-12,14H,3-4H2,1-2H3,(H2,22,23,24). The molecule has 3 aromatic rings. The minimum atomic E-state index is -0.239. The zero-order valence-electron chi connectivity index (χ0n) is 14.0. The molecule has 0 unspecified atom stereocenters. The summed E-state index contributed by atoms with van der Waals surface area (Å²) in [5, 5.41) is 8.07. The lowest BCUT2D eigenvalue weighted by Crippen LogP contribution is -2.21. The molecule has 0 heterocycles. The predicted molar refractivity (Wildman–Crippen MR) is 101 cm³/mol. The Kier molecular flexibility index (Phi) is 4.80. The van der Waals surface area contributed by atoms with Crippen LogP contribution in [-0.4, -0.2) is 6.03 Å². The summed E-state index contributed by atoms with van der Waals surface area (Å²) in [6, 6.07) is 20.9. The monoisotopic (exact) mass is 317 g/mol. The minimum Gasteiger partial charge on any atom is -0.307 e. The number of carbonyl (C=O) groups excluding carboxylic acids is 1. The Balaban J connectivity index is 1.80. The first-order valence-corrected chi connectivity index (χ1v) is 8.30. The molecular weight excluding hydrogens is 296 g/mol. The lowest BCUT2D eigenvalue weighted by molar-refractivity contribution is 0.262. The maximum absolute atomic E-state index is 12.4. The highest BCUT2D eigenvalue weighted by molar-refractivity contribution is 6.02. The van der Waals surface area contributed by atoms with E-state index < -0.39 is 0 Å². The van der Waals surface area contributed by atoms with Crippen LogP contribution in [0.3, 0.4) is 0 Å². The van der Waals surface area contributed by atoms with Crippen LogP contribution < -0.4 is 10.6 Å². The van der Waals surface area contributed by atoms with Gasteiger partial charge in [-0.3, -0.25) is 0 Å². The number of carbonyl (C=O) groups is 1. The van der Waals surface area contributed by atoms with E-state index in [4.69, 9.17) is 0 Å². The van der Waals surface area contributed by atoms with Crippen LogP contribution in [0, 0.1) is 6.07 Å². The van der Waals surface area contributed by atoms with Crippen molar-refractivity contribution in [1.29, 1.82) is 0 Å². The molecule has 2 amide bonds. The molecule has 0 spiro atoms. The van der Waals surface area contributed by atoms with Crippen molar-refractivity contribution < 1.29 is 4.79 Å². The van der Waals surface area contributed by atoms with E-state index in [0.717, 1.165) is 40.4 Å². The fourth-order valence-corrected chi connectivity index (χ4v) is 2.87. The Bertz CT molecular complexity index is 848. The number of fused-ring (bicyclic) bond motifs is 1. The van der Waals surface area contributed by atoms with Crippen LogP contribution in [0.1, 0.15) is 25.0 Å². The van der Waals surface area contributed by atoms with Gasteiger partial charge in [-0.25, -0.2) is 4.79 Å². The summed E-state index contributed by atoms with van der Waals surface area (Å²) < 4.78 is 0. The summed E-state index contributed by atoms with van der Waals surface area (Å²) in [6.45, 7) is 4.18. The molecule has 1 radical (unpaired) electrons. The molecule has 2 N–H and O–H groups in total. The third-order valence-electron chi connectivity index (χ3n) is 4.16. The van der Waals surface area contributed by atoms with Crippen molar-refractivity contribution in [3.05, 3.63) is 71.8 Å². The first-order valence-electron chi connectivity index (χ1n) is 8.30. The van der Waals surface area contributed by atoms with Gasteiger partial charge in [-0.1, -0.05) is 56.3 Å². The van der Waals surface area contributed by atoms with Gasteiger partial charge in [0.2, 0.25) is 0 Å². The molecule has 3 aromatic carbocycles. The van der Waals surface area contributed by atoms with E-state index in [1.54, 1.807) is 0 Å². The van der Waals surface area contributed by atoms with E-state index in [0.29, 0.717) is 5.69 Å². The van der Waals surface area contributed by atoms with Crippen molar-refractivity contribution in [1.82, 2.24) is 0 Å². The number of urea groups is 1. The Morgan fingerprint density at radius 2 is 1.58 bits per heavy atom. The Morgan fingerprint density at radius 3 is 2.25 bits per heavy atom. The number of anilines is 2. The second kappa shape index (κ2) is 7.18. The average molecular weight is 317 g/mol. The van der Waals surface area contributed by atoms with Crippen molar-refractivity contribution >= 4 is 28.2 Å². The average Bonchev–Trinajstić information content (AvgIpc) is 2.61. The minimum absolute atomic E-state index is 0.239. The molecule has 0 bridgehead atoms. The first kappa shape index (κ1) is 16.1. The number of benzene rings is 3. The van der Waals surface area contributed by atoms with Crippen molar-refractivity contribution in [2.75, 3.05) is 10.6 Å². The molecule has 0 saturated carbocycles. The number of para-hydroxylation sites is 1. The van der Waals surface area contributed by atoms with Crippen molar-refractivity contribution in [3.63, 3.8) is 0 Å². The molecule has 0 atom stereocenters. The van der Waals surface area contributed by atoms with Gasteiger partial charge in [0.25, 0.3) is 0 Å². The number of aryl methyl sites for hydroxylation is 2. The second-order valence-corrected chi connectivity index (χ2v) is 5.71. The molecule has 0 fully saturated rings. The summed E-state index contributed by atoms with van der Waals surface area (Å²) in [5.74, 6) is 0. The number of rotatable bonds is 4. The third kappa shape index (κ3) is 3.40. The van der Waals surface area contributed by atoms with E-state index >= 15 is 0 Å². The molecule has 0 aromatic heterocycles. The van der Waals surface area contributed by atoms with Gasteiger partial charge < -0.3 is 10.6 Å². The topological polar surface area (TPSA) is 41.1 Å². The van der Waals surface area contributed by atoms with Gasteiger partial charge in [-0.2, -0.15) is 0 Å². The summed E-state index contributed by atoms with van der Waals surface area (Å²) in [5.41, 5.74) is 3.87. The van der Waals surface area contributed by atoms with Crippen LogP contribution in [0.5, 0.6) is 0 Å². The highest BCUT2D eigenvalue weighted by Gasteiger charge is 2.10. The Hall–Kier alpha value is -2.81. The van der Waals surface area contributed by atoms with Crippen LogP contribution in [0.25, 0.3) is 10.8 Å². The van der Waals surface area contributed by atoms with Gasteiger partial charge in [0.15, 0.2) is 0 Å². The van der Waals surface area contributed by atoms with Crippen molar-refractivity contribution in [3.8, 4) is 0 Å². The van der Waals surface area contributed by atoms with Crippen LogP contribution in [0.15, 0.2) is 54.6 Å². The molecular formula is C21H21N2O. The van der Waals surface area contributed by atoms with Gasteiger partial charge in [0.1, 0.15) is 0 Å². The molecule has 0 aliphatic rings. The van der Waals surface area contributed by atoms with Gasteiger partial charge >= 0.3 is 6.03 Å². The zero-order chi connectivity index (χ0) is 16.9. The summed E-state index contributed by atoms with van der Waals surface area (Å²) in [4.78, 5) is 12.4. The molecule has 3 heteroatoms. The molecule has 0 saturated heterocycles. The van der Waals surface area contributed by atoms with Crippen LogP contribution >= 0.6 is 0 Å². The number of hydrogen-bond donors (Lipinski definition) is 2. The number of nitrogens with one attached hydrogen (secondary N) is 2. The van der Waals surface area contributed by atoms with Crippen LogP contribution in [-0.2, 0) is 12.8 Å². The summed E-state index contributed by atoms with van der Waals surface area (Å²) in [7, 11) is 0. The maximum Gasteiger partial charge on any atom is 0.323 e. The van der Waals surface area contributed by atoms with Crippen LogP contribution in [0.4, 0.5) is 16.2 Å². The summed E-state index contributed by atoms with van der Waals surface area (Å²) in [6.07, 6.45) is 1.76. The summed E-state index contributed by atoms with van der Waals surface area (Å²) >= 11 is 0. The highest BCUT2D eigenvalue weighted by atomic mass is 16.2. The van der Waals surface area contributed by atoms with Gasteiger partial charge in [-0.05, 0) is 46.9 Å². The molecule has 24 heavy (non-hydrogen) atoms. The van der Waals surface area contributed by atoms with Crippen LogP contribution in [0.2, 0.25) is 0 Å². The fraction of sp³-hybridized carbons (Fsp3) is 0.190. The normalized spacial score (nSPS) is 10.6. The van der Waals surface area contributed by atoms with E-state index in [1.807, 2.05) is 42.5 Å². The highest BCUT2D eigenvalue weighted by Crippen LogP contribution is 2.23. The van der Waals surface area contributed by atoms with E-state index in [2.05, 4.69) is 42.7 Å². The smallest absolute Gasteiger partial charge is 0.307 e. The van der Waals surface area contributed by atoms with E-state index in [-0.39, 0.29) is 6.03 Å². The largest absolute Gasteiger partial charge is 0.323 e. The number of amides is 2. The molecule has 3 nitrogen and oxygen atoms in total. The second-order valence-electron chi connectivity index (χ2n) is 5.71. The lowest BCUT2D eigenvalue weighted by Gasteiger charge is -2.15. The van der Waals surface area contributed by atoms with E-state index in [1.165, 1.54) is 0 Å². The SMILES string of the molecule is CCc1cccc(CC)c1NC(=O)Nc1[c]cc2ccccc2c1. The Morgan fingerprint density at radius 1 is 0.917 bits per heavy atom. The van der Waals surface area contributed by atoms with Gasteiger partial charge in [0.05, 0.1) is 5.69 Å². The molecule has 3 rings (SSSR count). The van der Waals surface area contributed by atoms with E-state index in [9.17, 15) is 4.79 Å². The van der Waals surface area contributed by atoms with Crippen molar-refractivity contribution in [2.45, 2.75) is 26.7 Å². The van der Waals surface area contributed by atoms with Crippen molar-refractivity contribution in [2.24, 2.45) is 0 Å². The number of hydrogen-bond acceptors (Lipinski definition) is 1. The quantitative estimate of drug-likeness (QED) is 0.664. The fourth-order valence-electron chi connectivity index (χ4n) is 2.87. The maximum atomic E-state index is 12.4. The zero-order valence-corrected chi connectivity index (χ0v) is 14.0. The predicted octanol–water partition coefficient (Wildman–Crippen LogP) is 5.41. The third-order valence-corrected chi connectivity index (χ3v) is 4.16. The first-order chi connectivity index (χ1) is 11.7. The molecule has 0 aliphatic heterocycles. The molecule has 121 valence electrons. The van der Waals surface area contributed by atoms with Gasteiger partial charge in [0, 0.05) is 11.8 Å². The van der Waals surface area contributed by atoms with Gasteiger partial charge in [-0.15, -0.1) is 0 Å².